The maximum Gasteiger partial charge on any atom is 0.341 e. The Labute approximate surface area is 224 Å². The molecule has 39 heavy (non-hydrogen) atoms. The number of ether oxygens (including phenoxy) is 1. The second kappa shape index (κ2) is 10.7. The fourth-order valence-electron chi connectivity index (χ4n) is 5.56. The molecule has 200 valence electrons. The number of aliphatic carboxylic acids is 1. The molecule has 0 aliphatic heterocycles. The van der Waals surface area contributed by atoms with E-state index in [2.05, 4.69) is 14.9 Å². The molecule has 0 unspecified atom stereocenters. The Hall–Kier alpha value is -4.53. The van der Waals surface area contributed by atoms with E-state index in [9.17, 15) is 9.59 Å². The van der Waals surface area contributed by atoms with Gasteiger partial charge in [0.25, 0.3) is 5.91 Å². The highest BCUT2D eigenvalue weighted by Gasteiger charge is 2.23. The molecule has 3 heterocycles. The number of carboxylic acids is 1. The number of rotatable bonds is 9. The van der Waals surface area contributed by atoms with Crippen molar-refractivity contribution in [1.29, 1.82) is 0 Å². The van der Waals surface area contributed by atoms with Crippen LogP contribution in [0.25, 0.3) is 33.3 Å². The summed E-state index contributed by atoms with van der Waals surface area (Å²) in [5.41, 5.74) is 5.28. The van der Waals surface area contributed by atoms with Gasteiger partial charge in [0.1, 0.15) is 17.8 Å². The van der Waals surface area contributed by atoms with E-state index in [4.69, 9.17) is 19.2 Å². The molecule has 6 rings (SSSR count). The molecule has 1 aliphatic rings. The van der Waals surface area contributed by atoms with Crippen molar-refractivity contribution in [2.45, 2.75) is 44.6 Å². The van der Waals surface area contributed by atoms with Gasteiger partial charge < -0.3 is 29.1 Å². The van der Waals surface area contributed by atoms with Crippen LogP contribution < -0.4 is 10.1 Å². The first-order valence-electron chi connectivity index (χ1n) is 13.3. The van der Waals surface area contributed by atoms with E-state index in [-0.39, 0.29) is 5.91 Å². The average Bonchev–Trinajstić information content (AvgIpc) is 3.70. The number of hydrogen-bond acceptors (Lipinski definition) is 5. The molecule has 2 aromatic carbocycles. The number of carboxylic acid groups (broad SMARTS) is 1. The molecule has 3 N–H and O–H groups in total. The van der Waals surface area contributed by atoms with Crippen molar-refractivity contribution in [2.24, 2.45) is 0 Å². The molecule has 3 aromatic heterocycles. The molecule has 1 amide bonds. The molecule has 0 saturated heterocycles. The zero-order chi connectivity index (χ0) is 26.8. The Morgan fingerprint density at radius 2 is 2.00 bits per heavy atom. The first kappa shape index (κ1) is 24.8. The maximum absolute atomic E-state index is 13.1. The second-order valence-corrected chi connectivity index (χ2v) is 10.0. The minimum absolute atomic E-state index is 0.153. The Balaban J connectivity index is 1.18. The quantitative estimate of drug-likeness (QED) is 0.226. The molecule has 0 bridgehead atoms. The van der Waals surface area contributed by atoms with Crippen LogP contribution >= 0.6 is 0 Å². The normalized spacial score (nSPS) is 14.2. The highest BCUT2D eigenvalue weighted by Crippen LogP contribution is 2.36. The van der Waals surface area contributed by atoms with E-state index in [1.165, 1.54) is 19.3 Å². The van der Waals surface area contributed by atoms with Crippen LogP contribution in [0.15, 0.2) is 65.6 Å². The third-order valence-corrected chi connectivity index (χ3v) is 7.45. The summed E-state index contributed by atoms with van der Waals surface area (Å²) in [6.07, 6.45) is 11.8. The monoisotopic (exact) mass is 526 g/mol. The Bertz CT molecular complexity index is 1630. The van der Waals surface area contributed by atoms with Crippen molar-refractivity contribution >= 4 is 33.8 Å². The Morgan fingerprint density at radius 1 is 1.13 bits per heavy atom. The fourth-order valence-corrected chi connectivity index (χ4v) is 5.56. The van der Waals surface area contributed by atoms with E-state index in [0.29, 0.717) is 30.3 Å². The van der Waals surface area contributed by atoms with Gasteiger partial charge in [0.05, 0.1) is 22.9 Å². The fraction of sp³-hybridized carbons (Fsp3) is 0.300. The number of hydrogen-bond donors (Lipinski definition) is 3. The SMILES string of the molecule is O=C(O)COc1ccc2[nH]cc(CCNC(=O)c3ccc4c(c3)nc(-c3ccoc3)n4C3CCCCC3)c2c1. The number of carbonyl (C=O) groups is 2. The summed E-state index contributed by atoms with van der Waals surface area (Å²) in [7, 11) is 0. The third kappa shape index (κ3) is 5.12. The number of benzene rings is 2. The molecule has 1 saturated carbocycles. The van der Waals surface area contributed by atoms with Gasteiger partial charge in [0.15, 0.2) is 6.61 Å². The zero-order valence-electron chi connectivity index (χ0n) is 21.5. The highest BCUT2D eigenvalue weighted by atomic mass is 16.5. The topological polar surface area (TPSA) is 122 Å². The van der Waals surface area contributed by atoms with Crippen molar-refractivity contribution in [1.82, 2.24) is 19.9 Å². The maximum atomic E-state index is 13.1. The minimum Gasteiger partial charge on any atom is -0.482 e. The average molecular weight is 527 g/mol. The molecule has 1 aliphatic carbocycles. The minimum atomic E-state index is -1.02. The summed E-state index contributed by atoms with van der Waals surface area (Å²) in [4.78, 5) is 32.0. The third-order valence-electron chi connectivity index (χ3n) is 7.45. The summed E-state index contributed by atoms with van der Waals surface area (Å²) in [5, 5.41) is 12.8. The van der Waals surface area contributed by atoms with Gasteiger partial charge in [-0.3, -0.25) is 4.79 Å². The number of aromatic nitrogens is 3. The van der Waals surface area contributed by atoms with Crippen LogP contribution in [0.4, 0.5) is 0 Å². The van der Waals surface area contributed by atoms with Gasteiger partial charge in [-0.2, -0.15) is 0 Å². The largest absolute Gasteiger partial charge is 0.482 e. The van der Waals surface area contributed by atoms with Crippen molar-refractivity contribution in [3.05, 3.63) is 72.3 Å². The summed E-state index contributed by atoms with van der Waals surface area (Å²) in [6, 6.07) is 13.5. The van der Waals surface area contributed by atoms with Crippen molar-refractivity contribution in [2.75, 3.05) is 13.2 Å². The van der Waals surface area contributed by atoms with Crippen molar-refractivity contribution in [3.8, 4) is 17.1 Å². The number of carbonyl (C=O) groups excluding carboxylic acids is 1. The molecular weight excluding hydrogens is 496 g/mol. The van der Waals surface area contributed by atoms with E-state index in [1.807, 2.05) is 42.6 Å². The number of H-pyrrole nitrogens is 1. The van der Waals surface area contributed by atoms with Crippen molar-refractivity contribution in [3.63, 3.8) is 0 Å². The summed E-state index contributed by atoms with van der Waals surface area (Å²) in [5.74, 6) is 0.197. The lowest BCUT2D eigenvalue weighted by atomic mass is 9.95. The number of amides is 1. The predicted molar refractivity (Wildman–Crippen MR) is 147 cm³/mol. The summed E-state index contributed by atoms with van der Waals surface area (Å²) < 4.78 is 13.0. The lowest BCUT2D eigenvalue weighted by Gasteiger charge is -2.25. The van der Waals surface area contributed by atoms with Gasteiger partial charge in [-0.15, -0.1) is 0 Å². The predicted octanol–water partition coefficient (Wildman–Crippen LogP) is 5.72. The molecule has 9 heteroatoms. The van der Waals surface area contributed by atoms with Gasteiger partial charge in [-0.05, 0) is 67.3 Å². The lowest BCUT2D eigenvalue weighted by Crippen LogP contribution is -2.25. The lowest BCUT2D eigenvalue weighted by molar-refractivity contribution is -0.139. The van der Waals surface area contributed by atoms with E-state index in [1.54, 1.807) is 18.6 Å². The highest BCUT2D eigenvalue weighted by molar-refractivity contribution is 5.98. The number of furan rings is 1. The molecule has 5 aromatic rings. The molecule has 1 fully saturated rings. The van der Waals surface area contributed by atoms with Crippen LogP contribution in [0.5, 0.6) is 5.75 Å². The molecule has 0 atom stereocenters. The molecule has 0 radical (unpaired) electrons. The number of nitrogens with one attached hydrogen (secondary N) is 2. The van der Waals surface area contributed by atoms with Crippen LogP contribution in [0, 0.1) is 0 Å². The zero-order valence-corrected chi connectivity index (χ0v) is 21.5. The second-order valence-electron chi connectivity index (χ2n) is 10.0. The Morgan fingerprint density at radius 3 is 2.79 bits per heavy atom. The van der Waals surface area contributed by atoms with Gasteiger partial charge in [0.2, 0.25) is 0 Å². The first-order chi connectivity index (χ1) is 19.1. The smallest absolute Gasteiger partial charge is 0.341 e. The van der Waals surface area contributed by atoms with Gasteiger partial charge >= 0.3 is 5.97 Å². The number of nitrogens with zero attached hydrogens (tertiary/aromatic N) is 2. The molecule has 9 nitrogen and oxygen atoms in total. The first-order valence-corrected chi connectivity index (χ1v) is 13.3. The van der Waals surface area contributed by atoms with Crippen molar-refractivity contribution < 1.29 is 23.8 Å². The van der Waals surface area contributed by atoms with Crippen LogP contribution in [0.1, 0.15) is 54.1 Å². The van der Waals surface area contributed by atoms with Gasteiger partial charge in [0, 0.05) is 35.2 Å². The number of fused-ring (bicyclic) bond motifs is 2. The van der Waals surface area contributed by atoms with Crippen LogP contribution in [-0.2, 0) is 11.2 Å². The van der Waals surface area contributed by atoms with Crippen LogP contribution in [-0.4, -0.2) is 44.7 Å². The van der Waals surface area contributed by atoms with Gasteiger partial charge in [-0.25, -0.2) is 9.78 Å². The van der Waals surface area contributed by atoms with E-state index in [0.717, 1.165) is 51.7 Å². The number of imidazole rings is 1. The van der Waals surface area contributed by atoms with Crippen LogP contribution in [0.3, 0.4) is 0 Å². The van der Waals surface area contributed by atoms with Crippen LogP contribution in [0.2, 0.25) is 0 Å². The number of aromatic amines is 1. The molecule has 0 spiro atoms. The Kier molecular flexibility index (Phi) is 6.79. The van der Waals surface area contributed by atoms with E-state index >= 15 is 0 Å². The standard InChI is InChI=1S/C30H30N4O5/c35-28(36)18-39-23-7-8-25-24(15-23)20(16-32-25)10-12-31-30(37)19-6-9-27-26(14-19)33-29(21-11-13-38-17-21)34(27)22-4-2-1-3-5-22/h6-9,11,13-17,22,32H,1-5,10,12,18H2,(H,31,37)(H,35,36). The molecular formula is C30H30N4O5. The van der Waals surface area contributed by atoms with E-state index < -0.39 is 12.6 Å². The van der Waals surface area contributed by atoms with Gasteiger partial charge in [-0.1, -0.05) is 19.3 Å². The summed E-state index contributed by atoms with van der Waals surface area (Å²) >= 11 is 0. The summed E-state index contributed by atoms with van der Waals surface area (Å²) in [6.45, 7) is 0.0505.